The lowest BCUT2D eigenvalue weighted by Gasteiger charge is -2.26. The Kier molecular flexibility index (Phi) is 10.2. The molecule has 2 heterocycles. The number of ether oxygens (including phenoxy) is 1. The van der Waals surface area contributed by atoms with Gasteiger partial charge in [-0.3, -0.25) is 9.98 Å². The summed E-state index contributed by atoms with van der Waals surface area (Å²) in [5.41, 5.74) is 1.25. The Morgan fingerprint density at radius 3 is 2.87 bits per heavy atom. The van der Waals surface area contributed by atoms with Crippen molar-refractivity contribution in [2.24, 2.45) is 10.9 Å². The number of rotatable bonds is 6. The molecule has 130 valence electrons. The van der Waals surface area contributed by atoms with Gasteiger partial charge in [-0.2, -0.15) is 0 Å². The molecule has 0 aromatic carbocycles. The molecule has 0 atom stereocenters. The van der Waals surface area contributed by atoms with Crippen LogP contribution in [0.4, 0.5) is 0 Å². The van der Waals surface area contributed by atoms with E-state index in [4.69, 9.17) is 4.74 Å². The van der Waals surface area contributed by atoms with Crippen LogP contribution in [0, 0.1) is 5.92 Å². The minimum atomic E-state index is 0. The number of halogens is 1. The number of nitrogens with zero attached hydrogens (tertiary/aromatic N) is 3. The van der Waals surface area contributed by atoms with E-state index < -0.39 is 0 Å². The first kappa shape index (κ1) is 20.2. The minimum Gasteiger partial charge on any atom is -0.381 e. The molecule has 0 saturated carbocycles. The van der Waals surface area contributed by atoms with Crippen molar-refractivity contribution in [3.63, 3.8) is 0 Å². The van der Waals surface area contributed by atoms with Crippen molar-refractivity contribution in [2.75, 3.05) is 40.4 Å². The molecule has 1 aliphatic rings. The number of pyridine rings is 1. The van der Waals surface area contributed by atoms with E-state index in [-0.39, 0.29) is 24.0 Å². The molecule has 1 saturated heterocycles. The van der Waals surface area contributed by atoms with Crippen molar-refractivity contribution >= 4 is 29.9 Å². The highest BCUT2D eigenvalue weighted by atomic mass is 127. The van der Waals surface area contributed by atoms with E-state index in [2.05, 4.69) is 33.3 Å². The second-order valence-corrected chi connectivity index (χ2v) is 5.85. The minimum absolute atomic E-state index is 0. The zero-order valence-electron chi connectivity index (χ0n) is 14.2. The average Bonchev–Trinajstić information content (AvgIpc) is 2.58. The van der Waals surface area contributed by atoms with Gasteiger partial charge in [0.05, 0.1) is 0 Å². The predicted molar refractivity (Wildman–Crippen MR) is 106 cm³/mol. The normalized spacial score (nSPS) is 15.8. The summed E-state index contributed by atoms with van der Waals surface area (Å²) in [6.07, 6.45) is 8.28. The summed E-state index contributed by atoms with van der Waals surface area (Å²) in [5.74, 6) is 1.76. The highest BCUT2D eigenvalue weighted by molar-refractivity contribution is 14.0. The predicted octanol–water partition coefficient (Wildman–Crippen LogP) is 2.57. The fraction of sp³-hybridized carbons (Fsp3) is 0.647. The monoisotopic (exact) mass is 432 g/mol. The van der Waals surface area contributed by atoms with Crippen LogP contribution in [0.25, 0.3) is 0 Å². The van der Waals surface area contributed by atoms with Crippen LogP contribution in [-0.4, -0.2) is 56.2 Å². The maximum absolute atomic E-state index is 5.42. The fourth-order valence-electron chi connectivity index (χ4n) is 2.77. The van der Waals surface area contributed by atoms with Crippen LogP contribution in [-0.2, 0) is 11.2 Å². The summed E-state index contributed by atoms with van der Waals surface area (Å²) >= 11 is 0. The van der Waals surface area contributed by atoms with Gasteiger partial charge in [-0.15, -0.1) is 24.0 Å². The lowest BCUT2D eigenvalue weighted by atomic mass is 9.96. The summed E-state index contributed by atoms with van der Waals surface area (Å²) in [6, 6.07) is 4.08. The Balaban J connectivity index is 0.00000264. The van der Waals surface area contributed by atoms with Crippen LogP contribution in [0.5, 0.6) is 0 Å². The Labute approximate surface area is 156 Å². The van der Waals surface area contributed by atoms with Crippen LogP contribution in [0.15, 0.2) is 29.5 Å². The molecule has 1 aromatic rings. The quantitative estimate of drug-likeness (QED) is 0.427. The molecule has 0 radical (unpaired) electrons. The smallest absolute Gasteiger partial charge is 0.193 e. The van der Waals surface area contributed by atoms with Gasteiger partial charge in [0.1, 0.15) is 0 Å². The first-order chi connectivity index (χ1) is 10.8. The lowest BCUT2D eigenvalue weighted by molar-refractivity contribution is 0.0625. The maximum Gasteiger partial charge on any atom is 0.193 e. The first-order valence-corrected chi connectivity index (χ1v) is 8.18. The number of aromatic nitrogens is 1. The van der Waals surface area contributed by atoms with E-state index in [0.717, 1.165) is 44.6 Å². The van der Waals surface area contributed by atoms with Gasteiger partial charge in [-0.25, -0.2) is 0 Å². The van der Waals surface area contributed by atoms with Gasteiger partial charge in [0.15, 0.2) is 5.96 Å². The molecular formula is C17H29IN4O. The second kappa shape index (κ2) is 11.6. The van der Waals surface area contributed by atoms with Crippen molar-refractivity contribution in [3.05, 3.63) is 30.1 Å². The van der Waals surface area contributed by atoms with Crippen LogP contribution < -0.4 is 5.32 Å². The highest BCUT2D eigenvalue weighted by Crippen LogP contribution is 2.18. The molecule has 1 aliphatic heterocycles. The maximum atomic E-state index is 5.42. The van der Waals surface area contributed by atoms with Gasteiger partial charge >= 0.3 is 0 Å². The van der Waals surface area contributed by atoms with Gasteiger partial charge in [0.25, 0.3) is 0 Å². The fourth-order valence-corrected chi connectivity index (χ4v) is 2.77. The number of hydrogen-bond donors (Lipinski definition) is 1. The zero-order valence-corrected chi connectivity index (χ0v) is 16.5. The van der Waals surface area contributed by atoms with Gasteiger partial charge < -0.3 is 15.0 Å². The number of hydrogen-bond acceptors (Lipinski definition) is 3. The van der Waals surface area contributed by atoms with Crippen LogP contribution in [0.2, 0.25) is 0 Å². The van der Waals surface area contributed by atoms with Crippen LogP contribution in [0.1, 0.15) is 24.8 Å². The summed E-state index contributed by atoms with van der Waals surface area (Å²) < 4.78 is 5.42. The standard InChI is InChI=1S/C17H28N4O.HI/c1-18-17(20-10-5-16-4-3-9-19-14-16)21(2)11-6-15-7-12-22-13-8-15;/h3-4,9,14-15H,5-8,10-13H2,1-2H3,(H,18,20);1H. The SMILES string of the molecule is CN=C(NCCc1cccnc1)N(C)CCC1CCOCC1.I. The van der Waals surface area contributed by atoms with E-state index in [0.29, 0.717) is 0 Å². The van der Waals surface area contributed by atoms with E-state index in [1.54, 1.807) is 6.20 Å². The van der Waals surface area contributed by atoms with Gasteiger partial charge in [-0.05, 0) is 43.2 Å². The topological polar surface area (TPSA) is 49.8 Å². The van der Waals surface area contributed by atoms with Crippen molar-refractivity contribution in [1.82, 2.24) is 15.2 Å². The lowest BCUT2D eigenvalue weighted by Crippen LogP contribution is -2.40. The largest absolute Gasteiger partial charge is 0.381 e. The molecule has 23 heavy (non-hydrogen) atoms. The third-order valence-corrected chi connectivity index (χ3v) is 4.21. The van der Waals surface area contributed by atoms with E-state index >= 15 is 0 Å². The molecular weight excluding hydrogens is 403 g/mol. The van der Waals surface area contributed by atoms with Gasteiger partial charge in [-0.1, -0.05) is 6.07 Å². The van der Waals surface area contributed by atoms with E-state index in [1.807, 2.05) is 19.3 Å². The van der Waals surface area contributed by atoms with Gasteiger partial charge in [0.2, 0.25) is 0 Å². The molecule has 0 bridgehead atoms. The van der Waals surface area contributed by atoms with Gasteiger partial charge in [0, 0.05) is 52.8 Å². The number of nitrogens with one attached hydrogen (secondary N) is 1. The Morgan fingerprint density at radius 1 is 1.43 bits per heavy atom. The molecule has 0 amide bonds. The Bertz CT molecular complexity index is 449. The third kappa shape index (κ3) is 7.48. The third-order valence-electron chi connectivity index (χ3n) is 4.21. The molecule has 1 N–H and O–H groups in total. The average molecular weight is 432 g/mol. The molecule has 1 aromatic heterocycles. The molecule has 5 nitrogen and oxygen atoms in total. The summed E-state index contributed by atoms with van der Waals surface area (Å²) in [4.78, 5) is 10.7. The summed E-state index contributed by atoms with van der Waals surface area (Å²) in [6.45, 7) is 3.76. The first-order valence-electron chi connectivity index (χ1n) is 8.18. The zero-order chi connectivity index (χ0) is 15.6. The van der Waals surface area contributed by atoms with Crippen LogP contribution >= 0.6 is 24.0 Å². The molecule has 0 spiro atoms. The van der Waals surface area contributed by atoms with Crippen molar-refractivity contribution < 1.29 is 4.74 Å². The summed E-state index contributed by atoms with van der Waals surface area (Å²) in [7, 11) is 3.95. The van der Waals surface area contributed by atoms with E-state index in [9.17, 15) is 0 Å². The summed E-state index contributed by atoms with van der Waals surface area (Å²) in [5, 5.41) is 3.43. The molecule has 0 aliphatic carbocycles. The van der Waals surface area contributed by atoms with Crippen molar-refractivity contribution in [3.8, 4) is 0 Å². The van der Waals surface area contributed by atoms with Crippen molar-refractivity contribution in [1.29, 1.82) is 0 Å². The van der Waals surface area contributed by atoms with E-state index in [1.165, 1.54) is 24.8 Å². The molecule has 1 fully saturated rings. The highest BCUT2D eigenvalue weighted by Gasteiger charge is 2.15. The second-order valence-electron chi connectivity index (χ2n) is 5.85. The molecule has 6 heteroatoms. The van der Waals surface area contributed by atoms with Crippen LogP contribution in [0.3, 0.4) is 0 Å². The molecule has 2 rings (SSSR count). The Hall–Kier alpha value is -0.890. The number of guanidine groups is 1. The number of aliphatic imine (C=N–C) groups is 1. The Morgan fingerprint density at radius 2 is 2.22 bits per heavy atom. The molecule has 0 unspecified atom stereocenters. The van der Waals surface area contributed by atoms with Crippen molar-refractivity contribution in [2.45, 2.75) is 25.7 Å².